The van der Waals surface area contributed by atoms with E-state index >= 15 is 0 Å². The summed E-state index contributed by atoms with van der Waals surface area (Å²) in [6, 6.07) is 1.35. The summed E-state index contributed by atoms with van der Waals surface area (Å²) in [5.74, 6) is -1.08. The van der Waals surface area contributed by atoms with Gasteiger partial charge in [-0.1, -0.05) is 0 Å². The Bertz CT molecular complexity index is 587. The maximum absolute atomic E-state index is 12.2. The molecule has 108 valence electrons. The number of carbonyl (C=O) groups is 1. The van der Waals surface area contributed by atoms with Crippen LogP contribution in [0, 0.1) is 5.41 Å². The van der Waals surface area contributed by atoms with E-state index in [1.165, 1.54) is 51.7 Å². The van der Waals surface area contributed by atoms with Crippen LogP contribution in [0.3, 0.4) is 0 Å². The van der Waals surface area contributed by atoms with Gasteiger partial charge < -0.3 is 5.11 Å². The second-order valence-electron chi connectivity index (χ2n) is 5.45. The highest BCUT2D eigenvalue weighted by Crippen LogP contribution is 2.32. The Balaban J connectivity index is 3.15. The van der Waals surface area contributed by atoms with Crippen LogP contribution < -0.4 is 4.72 Å². The largest absolute Gasteiger partial charge is 0.481 e. The predicted octanol–water partition coefficient (Wildman–Crippen LogP) is 0.588. The summed E-state index contributed by atoms with van der Waals surface area (Å²) in [5.41, 5.74) is -2.43. The van der Waals surface area contributed by atoms with Crippen molar-refractivity contribution in [2.75, 3.05) is 0 Å². The number of aryl methyl sites for hydroxylation is 1. The van der Waals surface area contributed by atoms with E-state index in [1.54, 1.807) is 0 Å². The van der Waals surface area contributed by atoms with Crippen LogP contribution in [-0.4, -0.2) is 34.8 Å². The van der Waals surface area contributed by atoms with Gasteiger partial charge in [0, 0.05) is 12.6 Å². The molecule has 0 atom stereocenters. The highest BCUT2D eigenvalue weighted by molar-refractivity contribution is 7.89. The van der Waals surface area contributed by atoms with Crippen LogP contribution in [0.15, 0.2) is 17.3 Å². The second-order valence-corrected chi connectivity index (χ2v) is 7.08. The van der Waals surface area contributed by atoms with Gasteiger partial charge in [-0.2, -0.15) is 5.10 Å². The number of aromatic nitrogens is 2. The number of nitrogens with zero attached hydrogens (tertiary/aromatic N) is 2. The molecule has 0 radical (unpaired) electrons. The minimum absolute atomic E-state index is 0.0123. The van der Waals surface area contributed by atoms with Crippen molar-refractivity contribution >= 4 is 16.0 Å². The van der Waals surface area contributed by atoms with Gasteiger partial charge in [0.15, 0.2) is 5.03 Å². The monoisotopic (exact) mass is 289 g/mol. The zero-order chi connectivity index (χ0) is 15.1. The number of hydrogen-bond acceptors (Lipinski definition) is 4. The van der Waals surface area contributed by atoms with Crippen LogP contribution in [0.25, 0.3) is 0 Å². The Morgan fingerprint density at radius 1 is 1.37 bits per heavy atom. The maximum atomic E-state index is 12.2. The first-order valence-corrected chi connectivity index (χ1v) is 7.15. The SMILES string of the molecule is Cn1nccc1S(=O)(=O)NC(C)(C)C(C)(C)C(=O)O. The Hall–Kier alpha value is -1.41. The Morgan fingerprint density at radius 3 is 2.26 bits per heavy atom. The van der Waals surface area contributed by atoms with Gasteiger partial charge in [-0.15, -0.1) is 0 Å². The lowest BCUT2D eigenvalue weighted by molar-refractivity contribution is -0.150. The maximum Gasteiger partial charge on any atom is 0.310 e. The van der Waals surface area contributed by atoms with Crippen molar-refractivity contribution in [3.63, 3.8) is 0 Å². The molecule has 7 nitrogen and oxygen atoms in total. The van der Waals surface area contributed by atoms with Gasteiger partial charge in [-0.3, -0.25) is 9.48 Å². The summed E-state index contributed by atoms with van der Waals surface area (Å²) in [4.78, 5) is 11.3. The zero-order valence-corrected chi connectivity index (χ0v) is 12.4. The van der Waals surface area contributed by atoms with Crippen LogP contribution in [0.2, 0.25) is 0 Å². The normalized spacial score (nSPS) is 13.5. The summed E-state index contributed by atoms with van der Waals surface area (Å²) in [5, 5.41) is 13.0. The second kappa shape index (κ2) is 4.61. The molecule has 0 amide bonds. The van der Waals surface area contributed by atoms with Crippen molar-refractivity contribution < 1.29 is 18.3 Å². The van der Waals surface area contributed by atoms with Crippen LogP contribution in [-0.2, 0) is 21.9 Å². The van der Waals surface area contributed by atoms with E-state index in [9.17, 15) is 18.3 Å². The lowest BCUT2D eigenvalue weighted by Crippen LogP contribution is -2.56. The Kier molecular flexibility index (Phi) is 3.79. The molecule has 0 aliphatic rings. The summed E-state index contributed by atoms with van der Waals surface area (Å²) in [7, 11) is -2.33. The molecule has 0 spiro atoms. The fourth-order valence-corrected chi connectivity index (χ4v) is 3.08. The molecule has 0 unspecified atom stereocenters. The van der Waals surface area contributed by atoms with Gasteiger partial charge in [-0.05, 0) is 33.8 Å². The van der Waals surface area contributed by atoms with Gasteiger partial charge in [0.1, 0.15) is 0 Å². The van der Waals surface area contributed by atoms with Crippen LogP contribution in [0.1, 0.15) is 27.7 Å². The molecule has 1 rings (SSSR count). The van der Waals surface area contributed by atoms with E-state index in [1.807, 2.05) is 0 Å². The fraction of sp³-hybridized carbons (Fsp3) is 0.636. The van der Waals surface area contributed by atoms with Gasteiger partial charge in [-0.25, -0.2) is 13.1 Å². The smallest absolute Gasteiger partial charge is 0.310 e. The molecule has 1 heterocycles. The number of rotatable bonds is 5. The minimum atomic E-state index is -3.83. The number of aliphatic carboxylic acids is 1. The van der Waals surface area contributed by atoms with Gasteiger partial charge in [0.2, 0.25) is 0 Å². The van der Waals surface area contributed by atoms with E-state index in [4.69, 9.17) is 0 Å². The third-order valence-corrected chi connectivity index (χ3v) is 5.27. The van der Waals surface area contributed by atoms with Crippen molar-refractivity contribution in [1.29, 1.82) is 0 Å². The fourth-order valence-electron chi connectivity index (χ4n) is 1.41. The molecule has 0 fully saturated rings. The van der Waals surface area contributed by atoms with Gasteiger partial charge in [0.05, 0.1) is 11.6 Å². The third kappa shape index (κ3) is 2.79. The average molecular weight is 289 g/mol. The van der Waals surface area contributed by atoms with E-state index < -0.39 is 26.9 Å². The first-order valence-electron chi connectivity index (χ1n) is 5.67. The lowest BCUT2D eigenvalue weighted by Gasteiger charge is -2.38. The summed E-state index contributed by atoms with van der Waals surface area (Å²) >= 11 is 0. The molecule has 8 heteroatoms. The molecule has 1 aromatic heterocycles. The number of carboxylic acids is 1. The standard InChI is InChI=1S/C11H19N3O4S/c1-10(2,9(15)16)11(3,4)13-19(17,18)8-6-7-12-14(8)5/h6-7,13H,1-5H3,(H,15,16). The van der Waals surface area contributed by atoms with Gasteiger partial charge >= 0.3 is 5.97 Å². The number of sulfonamides is 1. The molecule has 0 aliphatic carbocycles. The topological polar surface area (TPSA) is 101 Å². The van der Waals surface area contributed by atoms with Crippen molar-refractivity contribution in [2.45, 2.75) is 38.3 Å². The molecule has 2 N–H and O–H groups in total. The van der Waals surface area contributed by atoms with E-state index in [-0.39, 0.29) is 5.03 Å². The highest BCUT2D eigenvalue weighted by atomic mass is 32.2. The van der Waals surface area contributed by atoms with Crippen LogP contribution in [0.5, 0.6) is 0 Å². The third-order valence-electron chi connectivity index (χ3n) is 3.54. The van der Waals surface area contributed by atoms with E-state index in [0.29, 0.717) is 0 Å². The molecule has 0 bridgehead atoms. The van der Waals surface area contributed by atoms with Crippen molar-refractivity contribution in [2.24, 2.45) is 12.5 Å². The van der Waals surface area contributed by atoms with E-state index in [0.717, 1.165) is 0 Å². The molecule has 0 saturated heterocycles. The first-order chi connectivity index (χ1) is 8.42. The summed E-state index contributed by atoms with van der Waals surface area (Å²) in [6.07, 6.45) is 1.36. The Morgan fingerprint density at radius 2 is 1.89 bits per heavy atom. The Labute approximate surface area is 112 Å². The van der Waals surface area contributed by atoms with Crippen LogP contribution in [0.4, 0.5) is 0 Å². The van der Waals surface area contributed by atoms with Crippen molar-refractivity contribution in [1.82, 2.24) is 14.5 Å². The summed E-state index contributed by atoms with van der Waals surface area (Å²) < 4.78 is 28.1. The molecule has 1 aromatic rings. The number of hydrogen-bond donors (Lipinski definition) is 2. The number of carboxylic acid groups (broad SMARTS) is 1. The van der Waals surface area contributed by atoms with Gasteiger partial charge in [0.25, 0.3) is 10.0 Å². The molecular formula is C11H19N3O4S. The molecule has 19 heavy (non-hydrogen) atoms. The minimum Gasteiger partial charge on any atom is -0.481 e. The zero-order valence-electron chi connectivity index (χ0n) is 11.6. The van der Waals surface area contributed by atoms with Crippen molar-refractivity contribution in [3.8, 4) is 0 Å². The lowest BCUT2D eigenvalue weighted by atomic mass is 9.75. The molecule has 0 saturated carbocycles. The number of nitrogens with one attached hydrogen (secondary N) is 1. The average Bonchev–Trinajstić information content (AvgIpc) is 2.62. The quantitative estimate of drug-likeness (QED) is 0.826. The molecule has 0 aromatic carbocycles. The highest BCUT2D eigenvalue weighted by Gasteiger charge is 2.46. The first kappa shape index (κ1) is 15.6. The molecule has 0 aliphatic heterocycles. The summed E-state index contributed by atoms with van der Waals surface area (Å²) in [6.45, 7) is 6.02. The van der Waals surface area contributed by atoms with E-state index in [2.05, 4.69) is 9.82 Å². The van der Waals surface area contributed by atoms with Crippen molar-refractivity contribution in [3.05, 3.63) is 12.3 Å². The van der Waals surface area contributed by atoms with Crippen LogP contribution >= 0.6 is 0 Å². The predicted molar refractivity (Wildman–Crippen MR) is 69.0 cm³/mol. The molecular weight excluding hydrogens is 270 g/mol.